The molecule has 2 N–H and O–H groups in total. The normalized spacial score (nSPS) is 36.3. The second-order valence-corrected chi connectivity index (χ2v) is 3.81. The van der Waals surface area contributed by atoms with E-state index in [1.54, 1.807) is 0 Å². The number of nitrogens with zero attached hydrogens (tertiary/aromatic N) is 1. The minimum atomic E-state index is 0.464. The van der Waals surface area contributed by atoms with E-state index in [1.165, 1.54) is 32.2 Å². The lowest BCUT2D eigenvalue weighted by molar-refractivity contribution is 0.215. The van der Waals surface area contributed by atoms with Crippen LogP contribution in [0.1, 0.15) is 32.6 Å². The molecule has 2 unspecified atom stereocenters. The van der Waals surface area contributed by atoms with Crippen LogP contribution in [0.3, 0.4) is 0 Å². The number of rotatable bonds is 0. The highest BCUT2D eigenvalue weighted by Crippen LogP contribution is 2.13. The second kappa shape index (κ2) is 4.07. The van der Waals surface area contributed by atoms with E-state index in [0.29, 0.717) is 6.04 Å². The monoisotopic (exact) mass is 156 g/mol. The molecule has 11 heavy (non-hydrogen) atoms. The predicted octanol–water partition coefficient (Wildman–Crippen LogP) is 1.21. The van der Waals surface area contributed by atoms with Crippen molar-refractivity contribution in [1.82, 2.24) is 4.90 Å². The Morgan fingerprint density at radius 2 is 2.00 bits per heavy atom. The van der Waals surface area contributed by atoms with Crippen molar-refractivity contribution in [3.05, 3.63) is 0 Å². The molecule has 1 saturated heterocycles. The summed E-state index contributed by atoms with van der Waals surface area (Å²) in [6.07, 6.45) is 4.93. The summed E-state index contributed by atoms with van der Waals surface area (Å²) in [5, 5.41) is 0. The van der Waals surface area contributed by atoms with Gasteiger partial charge in [0.2, 0.25) is 0 Å². The van der Waals surface area contributed by atoms with Crippen molar-refractivity contribution in [2.24, 2.45) is 5.73 Å². The van der Waals surface area contributed by atoms with Gasteiger partial charge in [0.25, 0.3) is 0 Å². The van der Waals surface area contributed by atoms with Gasteiger partial charge in [0.1, 0.15) is 0 Å². The summed E-state index contributed by atoms with van der Waals surface area (Å²) in [6.45, 7) is 3.51. The van der Waals surface area contributed by atoms with Crippen molar-refractivity contribution in [1.29, 1.82) is 0 Å². The average molecular weight is 156 g/mol. The smallest absolute Gasteiger partial charge is 0.00644 e. The molecule has 0 aliphatic carbocycles. The number of nitrogens with two attached hydrogens (primary N) is 1. The van der Waals surface area contributed by atoms with Crippen LogP contribution in [0, 0.1) is 0 Å². The van der Waals surface area contributed by atoms with Gasteiger partial charge in [-0.25, -0.2) is 0 Å². The number of likely N-dealkylation sites (tertiary alicyclic amines) is 1. The molecular formula is C9H20N2. The van der Waals surface area contributed by atoms with Crippen molar-refractivity contribution in [2.45, 2.75) is 44.7 Å². The third-order valence-corrected chi connectivity index (χ3v) is 2.79. The summed E-state index contributed by atoms with van der Waals surface area (Å²) in [5.41, 5.74) is 5.89. The van der Waals surface area contributed by atoms with E-state index in [0.717, 1.165) is 6.04 Å². The van der Waals surface area contributed by atoms with E-state index in [2.05, 4.69) is 18.9 Å². The molecule has 1 aliphatic heterocycles. The highest BCUT2D eigenvalue weighted by molar-refractivity contribution is 4.72. The molecule has 1 aliphatic rings. The van der Waals surface area contributed by atoms with Crippen molar-refractivity contribution >= 4 is 0 Å². The summed E-state index contributed by atoms with van der Waals surface area (Å²) in [6, 6.07) is 1.19. The Hall–Kier alpha value is -0.0800. The molecule has 2 nitrogen and oxygen atoms in total. The Morgan fingerprint density at radius 3 is 2.73 bits per heavy atom. The first-order valence-corrected chi connectivity index (χ1v) is 4.66. The molecule has 1 heterocycles. The van der Waals surface area contributed by atoms with Crippen LogP contribution in [-0.4, -0.2) is 30.6 Å². The van der Waals surface area contributed by atoms with Crippen LogP contribution in [0.5, 0.6) is 0 Å². The predicted molar refractivity (Wildman–Crippen MR) is 48.5 cm³/mol. The van der Waals surface area contributed by atoms with Crippen LogP contribution >= 0.6 is 0 Å². The van der Waals surface area contributed by atoms with E-state index >= 15 is 0 Å². The van der Waals surface area contributed by atoms with Gasteiger partial charge in [-0.05, 0) is 46.2 Å². The Balaban J connectivity index is 2.34. The molecule has 0 bridgehead atoms. The van der Waals surface area contributed by atoms with Gasteiger partial charge in [0.15, 0.2) is 0 Å². The van der Waals surface area contributed by atoms with Crippen LogP contribution in [0.4, 0.5) is 0 Å². The molecule has 0 aromatic carbocycles. The molecule has 66 valence electrons. The van der Waals surface area contributed by atoms with Gasteiger partial charge in [-0.3, -0.25) is 0 Å². The van der Waals surface area contributed by atoms with Gasteiger partial charge >= 0.3 is 0 Å². The fourth-order valence-electron chi connectivity index (χ4n) is 1.64. The average Bonchev–Trinajstić information content (AvgIpc) is 1.98. The summed E-state index contributed by atoms with van der Waals surface area (Å²) >= 11 is 0. The minimum Gasteiger partial charge on any atom is -0.328 e. The van der Waals surface area contributed by atoms with Gasteiger partial charge in [-0.1, -0.05) is 0 Å². The largest absolute Gasteiger partial charge is 0.328 e. The number of hydrogen-bond donors (Lipinski definition) is 1. The van der Waals surface area contributed by atoms with Crippen molar-refractivity contribution in [3.63, 3.8) is 0 Å². The zero-order chi connectivity index (χ0) is 8.27. The Morgan fingerprint density at radius 1 is 1.27 bits per heavy atom. The van der Waals surface area contributed by atoms with Crippen LogP contribution in [0.25, 0.3) is 0 Å². The lowest BCUT2D eigenvalue weighted by Crippen LogP contribution is -2.35. The summed E-state index contributed by atoms with van der Waals surface area (Å²) in [7, 11) is 2.21. The fraction of sp³-hybridized carbons (Fsp3) is 1.00. The SMILES string of the molecule is CC1CCC(N)CCCN1C. The van der Waals surface area contributed by atoms with Crippen LogP contribution in [0.15, 0.2) is 0 Å². The first-order chi connectivity index (χ1) is 5.20. The summed E-state index contributed by atoms with van der Waals surface area (Å²) in [5.74, 6) is 0. The van der Waals surface area contributed by atoms with Crippen molar-refractivity contribution in [3.8, 4) is 0 Å². The standard InChI is InChI=1S/C9H20N2/c1-8-5-6-9(10)4-3-7-11(8)2/h8-9H,3-7,10H2,1-2H3. The van der Waals surface area contributed by atoms with Gasteiger partial charge in [-0.2, -0.15) is 0 Å². The van der Waals surface area contributed by atoms with E-state index in [1.807, 2.05) is 0 Å². The molecule has 0 spiro atoms. The molecular weight excluding hydrogens is 136 g/mol. The van der Waals surface area contributed by atoms with Gasteiger partial charge in [0, 0.05) is 12.1 Å². The Kier molecular flexibility index (Phi) is 3.34. The summed E-state index contributed by atoms with van der Waals surface area (Å²) in [4.78, 5) is 2.44. The van der Waals surface area contributed by atoms with Crippen LogP contribution < -0.4 is 5.73 Å². The van der Waals surface area contributed by atoms with E-state index in [9.17, 15) is 0 Å². The number of hydrogen-bond acceptors (Lipinski definition) is 2. The third-order valence-electron chi connectivity index (χ3n) is 2.79. The lowest BCUT2D eigenvalue weighted by Gasteiger charge is -2.28. The second-order valence-electron chi connectivity index (χ2n) is 3.81. The molecule has 0 radical (unpaired) electrons. The van der Waals surface area contributed by atoms with E-state index < -0.39 is 0 Å². The molecule has 2 heteroatoms. The maximum atomic E-state index is 5.89. The van der Waals surface area contributed by atoms with Crippen LogP contribution in [-0.2, 0) is 0 Å². The van der Waals surface area contributed by atoms with Gasteiger partial charge in [0.05, 0.1) is 0 Å². The lowest BCUT2D eigenvalue weighted by atomic mass is 10.00. The van der Waals surface area contributed by atoms with Crippen molar-refractivity contribution < 1.29 is 0 Å². The highest BCUT2D eigenvalue weighted by atomic mass is 15.1. The fourth-order valence-corrected chi connectivity index (χ4v) is 1.64. The molecule has 1 fully saturated rings. The highest BCUT2D eigenvalue weighted by Gasteiger charge is 2.14. The molecule has 0 aromatic rings. The molecule has 2 atom stereocenters. The Labute approximate surface area is 69.8 Å². The van der Waals surface area contributed by atoms with Gasteiger partial charge < -0.3 is 10.6 Å². The molecule has 0 saturated carbocycles. The molecule has 1 rings (SSSR count). The van der Waals surface area contributed by atoms with E-state index in [-0.39, 0.29) is 0 Å². The first kappa shape index (κ1) is 9.01. The third kappa shape index (κ3) is 2.80. The topological polar surface area (TPSA) is 29.3 Å². The van der Waals surface area contributed by atoms with Crippen molar-refractivity contribution in [2.75, 3.05) is 13.6 Å². The summed E-state index contributed by atoms with van der Waals surface area (Å²) < 4.78 is 0. The molecule has 0 aromatic heterocycles. The maximum absolute atomic E-state index is 5.89. The minimum absolute atomic E-state index is 0.464. The van der Waals surface area contributed by atoms with Crippen LogP contribution in [0.2, 0.25) is 0 Å². The quantitative estimate of drug-likeness (QED) is 0.571. The maximum Gasteiger partial charge on any atom is 0.00644 e. The zero-order valence-electron chi connectivity index (χ0n) is 7.71. The molecule has 0 amide bonds. The zero-order valence-corrected chi connectivity index (χ0v) is 7.71. The first-order valence-electron chi connectivity index (χ1n) is 4.66. The van der Waals surface area contributed by atoms with Gasteiger partial charge in [-0.15, -0.1) is 0 Å². The van der Waals surface area contributed by atoms with E-state index in [4.69, 9.17) is 5.73 Å². The Bertz CT molecular complexity index is 114.